The number of hydrogen-bond donors (Lipinski definition) is 1. The van der Waals surface area contributed by atoms with Gasteiger partial charge in [0.05, 0.1) is 12.1 Å². The van der Waals surface area contributed by atoms with Crippen molar-refractivity contribution in [2.24, 2.45) is 5.73 Å². The Balaban J connectivity index is 1.61. The van der Waals surface area contributed by atoms with Crippen LogP contribution in [0.2, 0.25) is 5.02 Å². The molecule has 0 radical (unpaired) electrons. The molecule has 1 aromatic heterocycles. The molecule has 1 saturated heterocycles. The van der Waals surface area contributed by atoms with Crippen LogP contribution < -0.4 is 5.73 Å². The molecular formula is C17H19ClFN3OS. The van der Waals surface area contributed by atoms with Gasteiger partial charge in [0.25, 0.3) is 0 Å². The fourth-order valence-electron chi connectivity index (χ4n) is 2.74. The minimum atomic E-state index is -1.32. The van der Waals surface area contributed by atoms with Gasteiger partial charge in [-0.15, -0.1) is 11.3 Å². The van der Waals surface area contributed by atoms with Crippen molar-refractivity contribution in [1.29, 1.82) is 0 Å². The van der Waals surface area contributed by atoms with Crippen LogP contribution in [-0.4, -0.2) is 41.1 Å². The number of nitrogens with zero attached hydrogens (tertiary/aromatic N) is 2. The molecular weight excluding hydrogens is 349 g/mol. The first-order valence-electron chi connectivity index (χ1n) is 7.86. The average Bonchev–Trinajstić information content (AvgIpc) is 3.04. The fourth-order valence-corrected chi connectivity index (χ4v) is 3.69. The van der Waals surface area contributed by atoms with Gasteiger partial charge in [0.1, 0.15) is 10.7 Å². The number of aromatic nitrogens is 1. The quantitative estimate of drug-likeness (QED) is 0.902. The summed E-state index contributed by atoms with van der Waals surface area (Å²) in [5.41, 5.74) is 5.85. The van der Waals surface area contributed by atoms with Crippen molar-refractivity contribution in [2.75, 3.05) is 19.6 Å². The number of nitrogens with two attached hydrogens (primary N) is 1. The largest absolute Gasteiger partial charge is 0.342 e. The maximum absolute atomic E-state index is 14.1. The second kappa shape index (κ2) is 7.17. The number of carbonyl (C=O) groups excluding carboxylic acids is 1. The van der Waals surface area contributed by atoms with E-state index in [1.165, 1.54) is 11.3 Å². The van der Waals surface area contributed by atoms with Crippen molar-refractivity contribution < 1.29 is 9.18 Å². The monoisotopic (exact) mass is 367 g/mol. The first kappa shape index (κ1) is 17.3. The van der Waals surface area contributed by atoms with Gasteiger partial charge in [0, 0.05) is 48.4 Å². The summed E-state index contributed by atoms with van der Waals surface area (Å²) in [4.78, 5) is 18.6. The van der Waals surface area contributed by atoms with E-state index in [4.69, 9.17) is 17.3 Å². The fraction of sp³-hybridized carbons (Fsp3) is 0.412. The maximum atomic E-state index is 14.1. The zero-order valence-electron chi connectivity index (χ0n) is 13.2. The van der Waals surface area contributed by atoms with Crippen LogP contribution in [0.4, 0.5) is 4.39 Å². The molecule has 4 nitrogen and oxygen atoms in total. The highest BCUT2D eigenvalue weighted by Gasteiger charge is 2.34. The highest BCUT2D eigenvalue weighted by atomic mass is 35.5. The molecule has 2 aromatic rings. The van der Waals surface area contributed by atoms with Crippen LogP contribution in [0.25, 0.3) is 10.6 Å². The van der Waals surface area contributed by atoms with Gasteiger partial charge in [0.2, 0.25) is 5.91 Å². The summed E-state index contributed by atoms with van der Waals surface area (Å²) >= 11 is 7.39. The highest BCUT2D eigenvalue weighted by molar-refractivity contribution is 7.13. The normalized spacial score (nSPS) is 17.0. The molecule has 1 fully saturated rings. The van der Waals surface area contributed by atoms with E-state index in [0.717, 1.165) is 16.3 Å². The Kier molecular flexibility index (Phi) is 5.18. The van der Waals surface area contributed by atoms with Crippen molar-refractivity contribution in [3.63, 3.8) is 0 Å². The molecule has 3 rings (SSSR count). The van der Waals surface area contributed by atoms with Gasteiger partial charge in [-0.3, -0.25) is 4.79 Å². The Hall–Kier alpha value is -1.50. The third-order valence-electron chi connectivity index (χ3n) is 4.35. The van der Waals surface area contributed by atoms with Crippen LogP contribution in [0.5, 0.6) is 0 Å². The summed E-state index contributed by atoms with van der Waals surface area (Å²) in [5, 5.41) is 3.43. The van der Waals surface area contributed by atoms with Crippen LogP contribution in [0.15, 0.2) is 29.6 Å². The Morgan fingerprint density at radius 1 is 1.33 bits per heavy atom. The molecule has 1 aliphatic heterocycles. The van der Waals surface area contributed by atoms with E-state index in [9.17, 15) is 9.18 Å². The summed E-state index contributed by atoms with van der Waals surface area (Å²) in [6, 6.07) is 7.45. The van der Waals surface area contributed by atoms with Crippen LogP contribution in [-0.2, 0) is 11.2 Å². The zero-order chi connectivity index (χ0) is 17.2. The lowest BCUT2D eigenvalue weighted by atomic mass is 9.93. The number of hydrogen-bond acceptors (Lipinski definition) is 4. The van der Waals surface area contributed by atoms with E-state index in [-0.39, 0.29) is 18.9 Å². The summed E-state index contributed by atoms with van der Waals surface area (Å²) < 4.78 is 14.1. The Morgan fingerprint density at radius 3 is 2.62 bits per heavy atom. The Labute approximate surface area is 149 Å². The molecule has 0 atom stereocenters. The van der Waals surface area contributed by atoms with Crippen molar-refractivity contribution in [3.05, 3.63) is 40.4 Å². The molecule has 1 aromatic carbocycles. The van der Waals surface area contributed by atoms with Crippen molar-refractivity contribution >= 4 is 28.8 Å². The van der Waals surface area contributed by atoms with Crippen LogP contribution in [0.1, 0.15) is 18.5 Å². The second-order valence-electron chi connectivity index (χ2n) is 6.06. The van der Waals surface area contributed by atoms with Gasteiger partial charge >= 0.3 is 0 Å². The molecule has 0 saturated carbocycles. The van der Waals surface area contributed by atoms with Crippen molar-refractivity contribution in [3.8, 4) is 10.6 Å². The van der Waals surface area contributed by atoms with Crippen molar-refractivity contribution in [2.45, 2.75) is 24.9 Å². The molecule has 0 aliphatic carbocycles. The molecule has 128 valence electrons. The van der Waals surface area contributed by atoms with E-state index in [2.05, 4.69) is 4.98 Å². The number of carbonyl (C=O) groups is 1. The lowest BCUT2D eigenvalue weighted by Crippen LogP contribution is -2.48. The van der Waals surface area contributed by atoms with E-state index in [0.29, 0.717) is 31.0 Å². The minimum absolute atomic E-state index is 0.0120. The SMILES string of the molecule is NCC1(F)CCN(C(=O)Cc2csc(-c3ccc(Cl)cc3)n2)CC1. The number of halogens is 2. The van der Waals surface area contributed by atoms with Crippen LogP contribution >= 0.6 is 22.9 Å². The number of likely N-dealkylation sites (tertiary alicyclic amines) is 1. The highest BCUT2D eigenvalue weighted by Crippen LogP contribution is 2.27. The molecule has 1 amide bonds. The summed E-state index contributed by atoms with van der Waals surface area (Å²) in [7, 11) is 0. The number of alkyl halides is 1. The predicted octanol–water partition coefficient (Wildman–Crippen LogP) is 3.30. The number of piperidine rings is 1. The molecule has 0 spiro atoms. The first-order chi connectivity index (χ1) is 11.5. The van der Waals surface area contributed by atoms with Gasteiger partial charge in [-0.2, -0.15) is 0 Å². The number of benzene rings is 1. The van der Waals surface area contributed by atoms with Crippen molar-refractivity contribution in [1.82, 2.24) is 9.88 Å². The molecule has 7 heteroatoms. The predicted molar refractivity (Wildman–Crippen MR) is 95.0 cm³/mol. The topological polar surface area (TPSA) is 59.2 Å². The summed E-state index contributed by atoms with van der Waals surface area (Å²) in [5.74, 6) is -0.0120. The number of amides is 1. The first-order valence-corrected chi connectivity index (χ1v) is 9.12. The third-order valence-corrected chi connectivity index (χ3v) is 5.55. The van der Waals surface area contributed by atoms with Gasteiger partial charge in [0.15, 0.2) is 0 Å². The second-order valence-corrected chi connectivity index (χ2v) is 7.36. The maximum Gasteiger partial charge on any atom is 0.228 e. The van der Waals surface area contributed by atoms with E-state index < -0.39 is 5.67 Å². The number of rotatable bonds is 4. The van der Waals surface area contributed by atoms with E-state index in [1.807, 2.05) is 29.6 Å². The summed E-state index contributed by atoms with van der Waals surface area (Å²) in [6.45, 7) is 0.854. The van der Waals surface area contributed by atoms with Gasteiger partial charge in [-0.05, 0) is 12.1 Å². The van der Waals surface area contributed by atoms with Crippen LogP contribution in [0.3, 0.4) is 0 Å². The molecule has 2 N–H and O–H groups in total. The summed E-state index contributed by atoms with van der Waals surface area (Å²) in [6.07, 6.45) is 0.858. The average molecular weight is 368 g/mol. The molecule has 0 bridgehead atoms. The van der Waals surface area contributed by atoms with Gasteiger partial charge in [-0.25, -0.2) is 9.37 Å². The Bertz CT molecular complexity index is 711. The molecule has 2 heterocycles. The lowest BCUT2D eigenvalue weighted by molar-refractivity contribution is -0.133. The number of thiazole rings is 1. The smallest absolute Gasteiger partial charge is 0.228 e. The van der Waals surface area contributed by atoms with Crippen LogP contribution in [0, 0.1) is 0 Å². The molecule has 0 unspecified atom stereocenters. The van der Waals surface area contributed by atoms with E-state index in [1.54, 1.807) is 4.90 Å². The molecule has 1 aliphatic rings. The minimum Gasteiger partial charge on any atom is -0.342 e. The van der Waals surface area contributed by atoms with Gasteiger partial charge < -0.3 is 10.6 Å². The zero-order valence-corrected chi connectivity index (χ0v) is 14.7. The third kappa shape index (κ3) is 3.94. The molecule has 24 heavy (non-hydrogen) atoms. The standard InChI is InChI=1S/C17H19ClFN3OS/c18-13-3-1-12(2-4-13)16-21-14(10-24-16)9-15(23)22-7-5-17(19,11-20)6-8-22/h1-4,10H,5-9,11,20H2. The Morgan fingerprint density at radius 2 is 2.00 bits per heavy atom. The van der Waals surface area contributed by atoms with E-state index >= 15 is 0 Å². The van der Waals surface area contributed by atoms with Gasteiger partial charge in [-0.1, -0.05) is 23.7 Å². The lowest BCUT2D eigenvalue weighted by Gasteiger charge is -2.35.